The van der Waals surface area contributed by atoms with Crippen LogP contribution in [0.4, 0.5) is 0 Å². The van der Waals surface area contributed by atoms with Crippen LogP contribution in [0.15, 0.2) is 30.3 Å². The van der Waals surface area contributed by atoms with Gasteiger partial charge in [-0.1, -0.05) is 76.7 Å². The van der Waals surface area contributed by atoms with Crippen LogP contribution in [0.25, 0.3) is 0 Å². The zero-order chi connectivity index (χ0) is 10.8. The van der Waals surface area contributed by atoms with Crippen molar-refractivity contribution in [3.05, 3.63) is 35.9 Å². The van der Waals surface area contributed by atoms with Gasteiger partial charge in [0.25, 0.3) is 4.52 Å². The van der Waals surface area contributed by atoms with Gasteiger partial charge >= 0.3 is 0 Å². The zero-order valence-electron chi connectivity index (χ0n) is 6.68. The highest BCUT2D eigenvalue weighted by Crippen LogP contribution is 2.51. The van der Waals surface area contributed by atoms with E-state index < -0.39 is 8.85 Å². The second-order valence-corrected chi connectivity index (χ2v) is 5.27. The van der Waals surface area contributed by atoms with Crippen LogP contribution in [-0.4, -0.2) is 4.52 Å². The highest BCUT2D eigenvalue weighted by molar-refractivity contribution is 6.61. The van der Waals surface area contributed by atoms with E-state index in [4.69, 9.17) is 58.3 Å². The Hall–Kier alpha value is 0.630. The fraction of sp³-hybridized carbons (Fsp3) is 0.250. The third kappa shape index (κ3) is 2.41. The van der Waals surface area contributed by atoms with Crippen molar-refractivity contribution < 1.29 is 4.29 Å². The van der Waals surface area contributed by atoms with Crippen molar-refractivity contribution in [3.8, 4) is 0 Å². The number of halogens is 5. The van der Waals surface area contributed by atoms with Gasteiger partial charge in [0.2, 0.25) is 4.33 Å². The van der Waals surface area contributed by atoms with Crippen molar-refractivity contribution in [2.24, 2.45) is 0 Å². The molecule has 0 saturated heterocycles. The van der Waals surface area contributed by atoms with Crippen LogP contribution in [0.3, 0.4) is 0 Å². The third-order valence-electron chi connectivity index (χ3n) is 1.60. The van der Waals surface area contributed by atoms with Gasteiger partial charge in [0.1, 0.15) is 0 Å². The minimum absolute atomic E-state index is 0.494. The summed E-state index contributed by atoms with van der Waals surface area (Å²) in [6.07, 6.45) is 0. The number of hydrogen-bond acceptors (Lipinski definition) is 1. The highest BCUT2D eigenvalue weighted by Gasteiger charge is 2.50. The van der Waals surface area contributed by atoms with Crippen LogP contribution in [0, 0.1) is 0 Å². The molecule has 0 aliphatic rings. The van der Waals surface area contributed by atoms with Crippen molar-refractivity contribution in [1.82, 2.24) is 0 Å². The van der Waals surface area contributed by atoms with Gasteiger partial charge in [0, 0.05) is 0 Å². The van der Waals surface area contributed by atoms with Crippen molar-refractivity contribution >= 4 is 58.3 Å². The molecule has 0 radical (unpaired) electrons. The Morgan fingerprint density at radius 3 is 1.86 bits per heavy atom. The molecular formula is C8H5Cl5O. The van der Waals surface area contributed by atoms with Crippen LogP contribution in [0.5, 0.6) is 0 Å². The molecule has 1 aromatic carbocycles. The molecule has 1 aromatic rings. The monoisotopic (exact) mass is 292 g/mol. The Labute approximate surface area is 107 Å². The number of rotatable bonds is 3. The smallest absolute Gasteiger partial charge is 0.236 e. The summed E-state index contributed by atoms with van der Waals surface area (Å²) in [5.41, 5.74) is 0.494. The van der Waals surface area contributed by atoms with Crippen molar-refractivity contribution in [1.29, 1.82) is 0 Å². The predicted octanol–water partition coefficient (Wildman–Crippen LogP) is 4.62. The fourth-order valence-corrected chi connectivity index (χ4v) is 1.61. The van der Waals surface area contributed by atoms with Crippen LogP contribution in [0.1, 0.15) is 5.56 Å². The van der Waals surface area contributed by atoms with Gasteiger partial charge in [-0.25, -0.2) is 4.29 Å². The lowest BCUT2D eigenvalue weighted by Gasteiger charge is -2.29. The Morgan fingerprint density at radius 1 is 0.929 bits per heavy atom. The minimum Gasteiger partial charge on any atom is -0.236 e. The van der Waals surface area contributed by atoms with Gasteiger partial charge in [0.15, 0.2) is 0 Å². The van der Waals surface area contributed by atoms with E-state index in [1.54, 1.807) is 30.3 Å². The van der Waals surface area contributed by atoms with E-state index >= 15 is 0 Å². The highest BCUT2D eigenvalue weighted by atomic mass is 35.5. The van der Waals surface area contributed by atoms with E-state index in [9.17, 15) is 0 Å². The summed E-state index contributed by atoms with van der Waals surface area (Å²) in [6.45, 7) is 0. The van der Waals surface area contributed by atoms with Crippen LogP contribution in [-0.2, 0) is 8.62 Å². The quantitative estimate of drug-likeness (QED) is 0.739. The summed E-state index contributed by atoms with van der Waals surface area (Å²) in [5, 5.41) is 0. The van der Waals surface area contributed by atoms with Crippen molar-refractivity contribution in [3.63, 3.8) is 0 Å². The predicted molar refractivity (Wildman–Crippen MR) is 61.2 cm³/mol. The Bertz CT molecular complexity index is 298. The van der Waals surface area contributed by atoms with E-state index in [-0.39, 0.29) is 0 Å². The molecule has 0 aliphatic heterocycles. The van der Waals surface area contributed by atoms with Gasteiger partial charge in [-0.2, -0.15) is 0 Å². The molecule has 1 rings (SSSR count). The molecule has 0 fully saturated rings. The maximum atomic E-state index is 5.95. The average Bonchev–Trinajstić information content (AvgIpc) is 2.19. The Kier molecular flexibility index (Phi) is 4.22. The number of benzene rings is 1. The van der Waals surface area contributed by atoms with E-state index in [0.29, 0.717) is 5.56 Å². The van der Waals surface area contributed by atoms with Crippen LogP contribution in [0.2, 0.25) is 0 Å². The summed E-state index contributed by atoms with van der Waals surface area (Å²) < 4.78 is 0.739. The summed E-state index contributed by atoms with van der Waals surface area (Å²) >= 11 is 28.4. The third-order valence-corrected chi connectivity index (χ3v) is 4.07. The van der Waals surface area contributed by atoms with Crippen molar-refractivity contribution in [2.75, 3.05) is 0 Å². The molecule has 0 unspecified atom stereocenters. The summed E-state index contributed by atoms with van der Waals surface area (Å²) in [7, 11) is 0. The van der Waals surface area contributed by atoms with Gasteiger partial charge in [-0.3, -0.25) is 0 Å². The lowest BCUT2D eigenvalue weighted by atomic mass is 10.1. The molecule has 6 heteroatoms. The number of hydrogen-bond donors (Lipinski definition) is 0. The zero-order valence-corrected chi connectivity index (χ0v) is 10.5. The van der Waals surface area contributed by atoms with Crippen LogP contribution < -0.4 is 0 Å². The molecule has 0 heterocycles. The second kappa shape index (κ2) is 4.65. The first-order valence-corrected chi connectivity index (χ1v) is 5.35. The molecule has 0 saturated carbocycles. The molecule has 14 heavy (non-hydrogen) atoms. The first-order valence-electron chi connectivity index (χ1n) is 3.53. The molecule has 0 aromatic heterocycles. The van der Waals surface area contributed by atoms with Gasteiger partial charge in [-0.05, 0) is 5.56 Å². The molecule has 0 N–H and O–H groups in total. The van der Waals surface area contributed by atoms with Gasteiger partial charge < -0.3 is 0 Å². The summed E-state index contributed by atoms with van der Waals surface area (Å²) in [6, 6.07) is 8.61. The molecule has 0 atom stereocenters. The molecule has 0 spiro atoms. The van der Waals surface area contributed by atoms with E-state index in [2.05, 4.69) is 4.29 Å². The molecule has 0 amide bonds. The average molecular weight is 294 g/mol. The Morgan fingerprint density at radius 2 is 1.43 bits per heavy atom. The molecule has 0 bridgehead atoms. The van der Waals surface area contributed by atoms with Crippen molar-refractivity contribution in [2.45, 2.75) is 8.85 Å². The lowest BCUT2D eigenvalue weighted by Crippen LogP contribution is -2.34. The molecule has 78 valence electrons. The topological polar surface area (TPSA) is 9.23 Å². The normalized spacial score (nSPS) is 12.9. The standard InChI is InChI=1S/C8H5Cl5O/c9-7(10,8(11,12)14-13)6-4-2-1-3-5-6/h1-5H. The SMILES string of the molecule is ClOC(Cl)(Cl)C(Cl)(Cl)c1ccccc1. The first-order chi connectivity index (χ1) is 6.42. The summed E-state index contributed by atoms with van der Waals surface area (Å²) in [4.78, 5) is 0. The molecule has 1 nitrogen and oxygen atoms in total. The lowest BCUT2D eigenvalue weighted by molar-refractivity contribution is 0.246. The maximum absolute atomic E-state index is 5.95. The van der Waals surface area contributed by atoms with E-state index in [1.165, 1.54) is 0 Å². The summed E-state index contributed by atoms with van der Waals surface area (Å²) in [5.74, 6) is 0. The maximum Gasteiger partial charge on any atom is 0.273 e. The Balaban J connectivity index is 3.08. The van der Waals surface area contributed by atoms with E-state index in [0.717, 1.165) is 0 Å². The van der Waals surface area contributed by atoms with Gasteiger partial charge in [-0.15, -0.1) is 0 Å². The first kappa shape index (κ1) is 12.7. The van der Waals surface area contributed by atoms with Gasteiger partial charge in [0.05, 0.1) is 11.9 Å². The fourth-order valence-electron chi connectivity index (χ4n) is 0.864. The number of alkyl halides is 4. The molecule has 0 aliphatic carbocycles. The second-order valence-electron chi connectivity index (χ2n) is 2.53. The van der Waals surface area contributed by atoms with E-state index in [1.807, 2.05) is 0 Å². The largest absolute Gasteiger partial charge is 0.273 e. The van der Waals surface area contributed by atoms with Crippen LogP contribution >= 0.6 is 58.3 Å². The molecular weight excluding hydrogens is 289 g/mol. The minimum atomic E-state index is -1.92.